The second-order valence-electron chi connectivity index (χ2n) is 7.74. The lowest BCUT2D eigenvalue weighted by Gasteiger charge is -2.11. The average molecular weight is 438 g/mol. The van der Waals surface area contributed by atoms with Gasteiger partial charge in [0.15, 0.2) is 0 Å². The molecule has 1 N–H and O–H groups in total. The van der Waals surface area contributed by atoms with Crippen LogP contribution in [0, 0.1) is 6.92 Å². The van der Waals surface area contributed by atoms with Crippen LogP contribution in [-0.4, -0.2) is 25.4 Å². The van der Waals surface area contributed by atoms with Gasteiger partial charge in [-0.1, -0.05) is 53.6 Å². The lowest BCUT2D eigenvalue weighted by atomic mass is 10.1. The summed E-state index contributed by atoms with van der Waals surface area (Å²) in [4.78, 5) is 26.4. The molecule has 0 atom stereocenters. The number of aliphatic hydroxyl groups excluding tert-OH is 1. The van der Waals surface area contributed by atoms with Crippen LogP contribution in [0.15, 0.2) is 64.3 Å². The number of rotatable bonds is 6. The molecule has 7 heteroatoms. The molecule has 0 saturated heterocycles. The third-order valence-corrected chi connectivity index (χ3v) is 5.74. The number of aliphatic hydroxyl groups is 1. The van der Waals surface area contributed by atoms with E-state index in [2.05, 4.69) is 0 Å². The summed E-state index contributed by atoms with van der Waals surface area (Å²) in [5.74, 6) is 0. The number of hydrogen-bond donors (Lipinski definition) is 1. The van der Waals surface area contributed by atoms with E-state index in [9.17, 15) is 14.7 Å². The molecule has 160 valence electrons. The predicted octanol–water partition coefficient (Wildman–Crippen LogP) is 3.56. The molecule has 2 aromatic carbocycles. The standard InChI is InChI=1S/C24H24ClN3O3/c1-16-7-9-17(10-8-16)14-27-15-20(18-5-3-6-19(25)13-18)21-22(27)23(30)28(11-4-12-29)24(31)26(21)2/h3,5-10,13,15,29H,4,11-12,14H2,1-2H3. The lowest BCUT2D eigenvalue weighted by Crippen LogP contribution is -2.39. The van der Waals surface area contributed by atoms with E-state index in [-0.39, 0.29) is 18.7 Å². The highest BCUT2D eigenvalue weighted by Gasteiger charge is 2.20. The highest BCUT2D eigenvalue weighted by molar-refractivity contribution is 6.30. The normalized spacial score (nSPS) is 11.4. The summed E-state index contributed by atoms with van der Waals surface area (Å²) in [5, 5.41) is 9.78. The molecule has 0 aliphatic heterocycles. The van der Waals surface area contributed by atoms with Crippen molar-refractivity contribution in [2.75, 3.05) is 6.61 Å². The number of benzene rings is 2. The highest BCUT2D eigenvalue weighted by atomic mass is 35.5. The molecule has 6 nitrogen and oxygen atoms in total. The van der Waals surface area contributed by atoms with E-state index in [1.165, 1.54) is 9.13 Å². The summed E-state index contributed by atoms with van der Waals surface area (Å²) >= 11 is 6.22. The molecule has 0 saturated carbocycles. The Bertz CT molecular complexity index is 1360. The van der Waals surface area contributed by atoms with Crippen LogP contribution in [0.1, 0.15) is 17.5 Å². The molecule has 0 amide bonds. The molecular weight excluding hydrogens is 414 g/mol. The van der Waals surface area contributed by atoms with Gasteiger partial charge in [0.2, 0.25) is 0 Å². The van der Waals surface area contributed by atoms with Crippen LogP contribution >= 0.6 is 11.6 Å². The Morgan fingerprint density at radius 3 is 2.45 bits per heavy atom. The third-order valence-electron chi connectivity index (χ3n) is 5.50. The molecule has 0 aliphatic carbocycles. The molecule has 2 heterocycles. The zero-order valence-electron chi connectivity index (χ0n) is 17.5. The number of hydrogen-bond acceptors (Lipinski definition) is 3. The topological polar surface area (TPSA) is 69.2 Å². The van der Waals surface area contributed by atoms with Gasteiger partial charge in [0.25, 0.3) is 5.56 Å². The van der Waals surface area contributed by atoms with Gasteiger partial charge in [-0.15, -0.1) is 0 Å². The van der Waals surface area contributed by atoms with Crippen molar-refractivity contribution in [3.63, 3.8) is 0 Å². The molecule has 0 fully saturated rings. The first-order valence-electron chi connectivity index (χ1n) is 10.2. The van der Waals surface area contributed by atoms with Gasteiger partial charge >= 0.3 is 5.69 Å². The van der Waals surface area contributed by atoms with Gasteiger partial charge in [0, 0.05) is 43.5 Å². The predicted molar refractivity (Wildman–Crippen MR) is 124 cm³/mol. The Balaban J connectivity index is 2.01. The molecule has 0 bridgehead atoms. The van der Waals surface area contributed by atoms with E-state index in [1.807, 2.05) is 60.2 Å². The van der Waals surface area contributed by atoms with Crippen molar-refractivity contribution < 1.29 is 5.11 Å². The van der Waals surface area contributed by atoms with Gasteiger partial charge in [-0.2, -0.15) is 0 Å². The molecule has 4 rings (SSSR count). The molecule has 0 unspecified atom stereocenters. The van der Waals surface area contributed by atoms with Crippen LogP contribution in [0.4, 0.5) is 0 Å². The van der Waals surface area contributed by atoms with Gasteiger partial charge in [-0.05, 0) is 36.6 Å². The Morgan fingerprint density at radius 1 is 1.03 bits per heavy atom. The fourth-order valence-corrected chi connectivity index (χ4v) is 4.10. The minimum absolute atomic E-state index is 0.0915. The summed E-state index contributed by atoms with van der Waals surface area (Å²) in [6, 6.07) is 15.5. The Hall–Kier alpha value is -3.09. The number of fused-ring (bicyclic) bond motifs is 1. The van der Waals surface area contributed by atoms with Gasteiger partial charge in [-0.3, -0.25) is 13.9 Å². The molecule has 0 spiro atoms. The van der Waals surface area contributed by atoms with Gasteiger partial charge in [0.05, 0.1) is 5.52 Å². The monoisotopic (exact) mass is 437 g/mol. The Kier molecular flexibility index (Phi) is 5.85. The van der Waals surface area contributed by atoms with Crippen molar-refractivity contribution in [3.05, 3.63) is 91.7 Å². The van der Waals surface area contributed by atoms with Crippen LogP contribution in [0.25, 0.3) is 22.2 Å². The van der Waals surface area contributed by atoms with Gasteiger partial charge in [-0.25, -0.2) is 4.79 Å². The molecule has 0 radical (unpaired) electrons. The summed E-state index contributed by atoms with van der Waals surface area (Å²) in [6.45, 7) is 2.60. The maximum absolute atomic E-state index is 13.4. The highest BCUT2D eigenvalue weighted by Crippen LogP contribution is 2.30. The van der Waals surface area contributed by atoms with Crippen LogP contribution in [0.5, 0.6) is 0 Å². The SMILES string of the molecule is Cc1ccc(Cn2cc(-c3cccc(Cl)c3)c3c2c(=O)n(CCCO)c(=O)n3C)cc1. The lowest BCUT2D eigenvalue weighted by molar-refractivity contribution is 0.277. The van der Waals surface area contributed by atoms with Crippen molar-refractivity contribution in [3.8, 4) is 11.1 Å². The fourth-order valence-electron chi connectivity index (χ4n) is 3.91. The minimum atomic E-state index is -0.401. The number of aryl methyl sites for hydroxylation is 2. The van der Waals surface area contributed by atoms with E-state index in [0.717, 1.165) is 22.3 Å². The van der Waals surface area contributed by atoms with Gasteiger partial charge < -0.3 is 9.67 Å². The first-order valence-corrected chi connectivity index (χ1v) is 10.5. The third kappa shape index (κ3) is 3.96. The number of aromatic nitrogens is 3. The first-order chi connectivity index (χ1) is 14.9. The number of halogens is 1. The van der Waals surface area contributed by atoms with Crippen molar-refractivity contribution in [2.45, 2.75) is 26.4 Å². The first kappa shape index (κ1) is 21.2. The number of nitrogens with zero attached hydrogens (tertiary/aromatic N) is 3. The fraction of sp³-hybridized carbons (Fsp3) is 0.250. The van der Waals surface area contributed by atoms with Crippen molar-refractivity contribution in [1.29, 1.82) is 0 Å². The van der Waals surface area contributed by atoms with Crippen LogP contribution in [0.2, 0.25) is 5.02 Å². The summed E-state index contributed by atoms with van der Waals surface area (Å²) in [5.41, 5.74) is 4.09. The molecule has 2 aromatic heterocycles. The summed E-state index contributed by atoms with van der Waals surface area (Å²) in [7, 11) is 1.67. The van der Waals surface area contributed by atoms with Crippen LogP contribution < -0.4 is 11.2 Å². The zero-order chi connectivity index (χ0) is 22.1. The Morgan fingerprint density at radius 2 is 1.77 bits per heavy atom. The maximum Gasteiger partial charge on any atom is 0.331 e. The van der Waals surface area contributed by atoms with Gasteiger partial charge in [0.1, 0.15) is 5.52 Å². The van der Waals surface area contributed by atoms with E-state index < -0.39 is 5.69 Å². The second-order valence-corrected chi connectivity index (χ2v) is 8.18. The summed E-state index contributed by atoms with van der Waals surface area (Å²) in [6.07, 6.45) is 2.24. The van der Waals surface area contributed by atoms with E-state index in [0.29, 0.717) is 29.0 Å². The van der Waals surface area contributed by atoms with E-state index in [4.69, 9.17) is 11.6 Å². The molecule has 4 aromatic rings. The van der Waals surface area contributed by atoms with Crippen molar-refractivity contribution in [1.82, 2.24) is 13.7 Å². The largest absolute Gasteiger partial charge is 0.396 e. The second kappa shape index (κ2) is 8.57. The average Bonchev–Trinajstić information content (AvgIpc) is 3.13. The van der Waals surface area contributed by atoms with Crippen molar-refractivity contribution >= 4 is 22.6 Å². The van der Waals surface area contributed by atoms with Crippen LogP contribution in [-0.2, 0) is 20.1 Å². The molecule has 31 heavy (non-hydrogen) atoms. The smallest absolute Gasteiger partial charge is 0.331 e. The zero-order valence-corrected chi connectivity index (χ0v) is 18.3. The maximum atomic E-state index is 13.4. The van der Waals surface area contributed by atoms with E-state index >= 15 is 0 Å². The minimum Gasteiger partial charge on any atom is -0.396 e. The van der Waals surface area contributed by atoms with E-state index in [1.54, 1.807) is 13.1 Å². The van der Waals surface area contributed by atoms with Crippen LogP contribution in [0.3, 0.4) is 0 Å². The van der Waals surface area contributed by atoms with Crippen molar-refractivity contribution in [2.24, 2.45) is 7.05 Å². The Labute approximate surface area is 184 Å². The quantitative estimate of drug-likeness (QED) is 0.501. The molecule has 0 aliphatic rings. The molecular formula is C24H24ClN3O3. The summed E-state index contributed by atoms with van der Waals surface area (Å²) < 4.78 is 4.61.